The zero-order chi connectivity index (χ0) is 22.9. The minimum absolute atomic E-state index is 0.00169. The molecule has 2 aromatic heterocycles. The van der Waals surface area contributed by atoms with Gasteiger partial charge in [0.2, 0.25) is 6.35 Å². The maximum atomic E-state index is 13.1. The number of aromatic nitrogens is 3. The third-order valence-corrected chi connectivity index (χ3v) is 7.29. The second-order valence-electron chi connectivity index (χ2n) is 7.37. The number of rotatable bonds is 3. The summed E-state index contributed by atoms with van der Waals surface area (Å²) in [5.41, 5.74) is 0.554. The Balaban J connectivity index is 2.02. The van der Waals surface area contributed by atoms with Crippen LogP contribution in [0.3, 0.4) is 0 Å². The number of nitrogens with zero attached hydrogens (tertiary/aromatic N) is 5. The molecule has 0 saturated heterocycles. The van der Waals surface area contributed by atoms with E-state index in [0.717, 1.165) is 12.3 Å². The number of hydrogen-bond acceptors (Lipinski definition) is 7. The zero-order valence-electron chi connectivity index (χ0n) is 17.1. The number of benzene rings is 1. The normalized spacial score (nSPS) is 17.0. The maximum absolute atomic E-state index is 13.1. The van der Waals surface area contributed by atoms with Crippen molar-refractivity contribution in [2.24, 2.45) is 7.05 Å². The lowest BCUT2D eigenvalue weighted by atomic mass is 10.1. The number of hydrogen-bond donors (Lipinski definition) is 1. The summed E-state index contributed by atoms with van der Waals surface area (Å²) in [7, 11) is 1.12. The third-order valence-electron chi connectivity index (χ3n) is 5.52. The lowest BCUT2D eigenvalue weighted by molar-refractivity contribution is -0.137. The number of alkyl halides is 3. The number of pyridine rings is 1. The van der Waals surface area contributed by atoms with Crippen LogP contribution in [0, 0.1) is 0 Å². The van der Waals surface area contributed by atoms with Crippen LogP contribution in [0.5, 0.6) is 0 Å². The molecule has 1 aliphatic rings. The van der Waals surface area contributed by atoms with Crippen LogP contribution in [0.1, 0.15) is 12.5 Å². The van der Waals surface area contributed by atoms with Crippen molar-refractivity contribution in [1.82, 2.24) is 14.5 Å². The fourth-order valence-electron chi connectivity index (χ4n) is 3.69. The highest BCUT2D eigenvalue weighted by molar-refractivity contribution is 7.91. The molecule has 0 radical (unpaired) electrons. The van der Waals surface area contributed by atoms with E-state index in [1.54, 1.807) is 32.1 Å². The van der Waals surface area contributed by atoms with E-state index in [2.05, 4.69) is 9.97 Å². The fraction of sp³-hybridized carbons (Fsp3) is 0.368. The summed E-state index contributed by atoms with van der Waals surface area (Å²) >= 11 is 0. The molecular weight excluding hydrogens is 435 g/mol. The molecule has 166 valence electrons. The van der Waals surface area contributed by atoms with Gasteiger partial charge in [-0.25, -0.2) is 18.4 Å². The van der Waals surface area contributed by atoms with Crippen molar-refractivity contribution in [3.63, 3.8) is 0 Å². The summed E-state index contributed by atoms with van der Waals surface area (Å²) in [4.78, 5) is 11.3. The molecule has 0 fully saturated rings. The first-order valence-electron chi connectivity index (χ1n) is 9.31. The van der Waals surface area contributed by atoms with E-state index < -0.39 is 27.9 Å². The van der Waals surface area contributed by atoms with Gasteiger partial charge in [0.25, 0.3) is 0 Å². The van der Waals surface area contributed by atoms with Crippen LogP contribution in [0.2, 0.25) is 0 Å². The highest BCUT2D eigenvalue weighted by Crippen LogP contribution is 2.43. The first-order valence-corrected chi connectivity index (χ1v) is 11.0. The van der Waals surface area contributed by atoms with E-state index >= 15 is 0 Å². The number of aliphatic hydroxyl groups excluding tert-OH is 1. The van der Waals surface area contributed by atoms with E-state index in [1.165, 1.54) is 22.5 Å². The first-order chi connectivity index (χ1) is 14.4. The van der Waals surface area contributed by atoms with Crippen molar-refractivity contribution in [2.45, 2.75) is 24.3 Å². The quantitative estimate of drug-likeness (QED) is 0.649. The molecule has 31 heavy (non-hydrogen) atoms. The second-order valence-corrected chi connectivity index (χ2v) is 9.61. The maximum Gasteiger partial charge on any atom is 0.417 e. The Labute approximate surface area is 176 Å². The Hall–Kier alpha value is -2.86. The van der Waals surface area contributed by atoms with Crippen LogP contribution < -0.4 is 9.80 Å². The van der Waals surface area contributed by atoms with Crippen LogP contribution in [0.4, 0.5) is 24.5 Å². The van der Waals surface area contributed by atoms with Crippen molar-refractivity contribution in [3.8, 4) is 11.4 Å². The molecule has 1 aromatic carbocycles. The van der Waals surface area contributed by atoms with Gasteiger partial charge in [-0.3, -0.25) is 0 Å². The summed E-state index contributed by atoms with van der Waals surface area (Å²) in [6.07, 6.45) is -4.84. The molecule has 1 N–H and O–H groups in total. The Morgan fingerprint density at radius 1 is 1.10 bits per heavy atom. The van der Waals surface area contributed by atoms with E-state index in [9.17, 15) is 26.7 Å². The van der Waals surface area contributed by atoms with Gasteiger partial charge in [-0.05, 0) is 18.2 Å². The lowest BCUT2D eigenvalue weighted by Gasteiger charge is -2.21. The molecule has 12 heteroatoms. The smallest absolute Gasteiger partial charge is 0.356 e. The average molecular weight is 455 g/mol. The number of imidazole rings is 1. The van der Waals surface area contributed by atoms with Crippen LogP contribution in [0.25, 0.3) is 22.6 Å². The molecule has 0 saturated carbocycles. The SMILES string of the molecule is CCS(=O)(=O)c1cc2c(cc1-c1nc3cc(C(F)(F)F)cnc3n1C)N(C)C(O)N2C. The van der Waals surface area contributed by atoms with Gasteiger partial charge in [0, 0.05) is 32.9 Å². The molecule has 0 bridgehead atoms. The first kappa shape index (κ1) is 21.4. The van der Waals surface area contributed by atoms with E-state index in [1.807, 2.05) is 0 Å². The van der Waals surface area contributed by atoms with Gasteiger partial charge in [-0.2, -0.15) is 13.2 Å². The van der Waals surface area contributed by atoms with E-state index in [0.29, 0.717) is 11.4 Å². The largest absolute Gasteiger partial charge is 0.417 e. The number of halogens is 3. The number of fused-ring (bicyclic) bond motifs is 2. The van der Waals surface area contributed by atoms with Crippen LogP contribution in [0.15, 0.2) is 29.3 Å². The summed E-state index contributed by atoms with van der Waals surface area (Å²) in [6.45, 7) is 1.50. The highest BCUT2D eigenvalue weighted by Gasteiger charge is 2.35. The molecule has 8 nitrogen and oxygen atoms in total. The molecular formula is C19H20F3N5O3S. The second kappa shape index (κ2) is 6.82. The Bertz CT molecular complexity index is 1300. The van der Waals surface area contributed by atoms with Crippen molar-refractivity contribution >= 4 is 32.4 Å². The predicted molar refractivity (Wildman–Crippen MR) is 109 cm³/mol. The summed E-state index contributed by atoms with van der Waals surface area (Å²) in [5.74, 6) is -0.0181. The third kappa shape index (κ3) is 3.21. The number of aryl methyl sites for hydroxylation is 1. The number of sulfone groups is 1. The molecule has 4 rings (SSSR count). The minimum atomic E-state index is -4.58. The fourth-order valence-corrected chi connectivity index (χ4v) is 4.78. The van der Waals surface area contributed by atoms with Crippen molar-refractivity contribution in [2.75, 3.05) is 29.6 Å². The molecule has 3 aromatic rings. The van der Waals surface area contributed by atoms with E-state index in [-0.39, 0.29) is 33.2 Å². The van der Waals surface area contributed by atoms with E-state index in [4.69, 9.17) is 0 Å². The molecule has 1 atom stereocenters. The van der Waals surface area contributed by atoms with Crippen LogP contribution in [-0.2, 0) is 23.1 Å². The topological polar surface area (TPSA) is 91.6 Å². The standard InChI is InChI=1S/C19H20F3N5O3S/c1-5-31(29,30)15-8-14-13(25(2)18(28)26(14)3)7-11(15)16-24-12-6-10(19(20,21)22)9-23-17(12)27(16)4/h6-9,18,28H,5H2,1-4H3. The molecule has 3 heterocycles. The Morgan fingerprint density at radius 3 is 2.29 bits per heavy atom. The van der Waals surface area contributed by atoms with Gasteiger partial charge in [-0.15, -0.1) is 0 Å². The number of anilines is 2. The minimum Gasteiger partial charge on any atom is -0.356 e. The van der Waals surface area contributed by atoms with Gasteiger partial charge < -0.3 is 19.5 Å². The van der Waals surface area contributed by atoms with Crippen molar-refractivity contribution < 1.29 is 26.7 Å². The van der Waals surface area contributed by atoms with Crippen molar-refractivity contribution in [3.05, 3.63) is 30.0 Å². The zero-order valence-corrected chi connectivity index (χ0v) is 18.0. The lowest BCUT2D eigenvalue weighted by Crippen LogP contribution is -2.38. The van der Waals surface area contributed by atoms with Crippen LogP contribution >= 0.6 is 0 Å². The van der Waals surface area contributed by atoms with Gasteiger partial charge >= 0.3 is 6.18 Å². The Kier molecular flexibility index (Phi) is 4.70. The summed E-state index contributed by atoms with van der Waals surface area (Å²) < 4.78 is 66.5. The van der Waals surface area contributed by atoms with Gasteiger partial charge in [0.1, 0.15) is 11.3 Å². The highest BCUT2D eigenvalue weighted by atomic mass is 32.2. The molecule has 0 amide bonds. The predicted octanol–water partition coefficient (Wildman–Crippen LogP) is 2.61. The Morgan fingerprint density at radius 2 is 1.71 bits per heavy atom. The van der Waals surface area contributed by atoms with Gasteiger partial charge in [0.15, 0.2) is 15.5 Å². The molecule has 0 spiro atoms. The number of aliphatic hydroxyl groups is 1. The van der Waals surface area contributed by atoms with Gasteiger partial charge in [-0.1, -0.05) is 6.92 Å². The average Bonchev–Trinajstić information content (AvgIpc) is 3.16. The molecule has 1 unspecified atom stereocenters. The monoisotopic (exact) mass is 455 g/mol. The molecule has 1 aliphatic heterocycles. The summed E-state index contributed by atoms with van der Waals surface area (Å²) in [6, 6.07) is 3.93. The van der Waals surface area contributed by atoms with Crippen LogP contribution in [-0.4, -0.2) is 54.3 Å². The molecule has 0 aliphatic carbocycles. The van der Waals surface area contributed by atoms with Gasteiger partial charge in [0.05, 0.1) is 27.6 Å². The van der Waals surface area contributed by atoms with Crippen molar-refractivity contribution in [1.29, 1.82) is 0 Å². The summed E-state index contributed by atoms with van der Waals surface area (Å²) in [5, 5.41) is 10.3.